The Kier molecular flexibility index (Phi) is 9.09. The van der Waals surface area contributed by atoms with Gasteiger partial charge < -0.3 is 25.0 Å². The van der Waals surface area contributed by atoms with Gasteiger partial charge in [-0.2, -0.15) is 0 Å². The third kappa shape index (κ3) is 7.20. The molecular weight excluding hydrogens is 420 g/mol. The molecule has 0 radical (unpaired) electrons. The average Bonchev–Trinajstić information content (AvgIpc) is 2.83. The number of nitrogens with zero attached hydrogens (tertiary/aromatic N) is 2. The number of ether oxygens (including phenoxy) is 2. The lowest BCUT2D eigenvalue weighted by atomic mass is 10.1. The van der Waals surface area contributed by atoms with Gasteiger partial charge in [-0.15, -0.1) is 0 Å². The SMILES string of the molecule is COc1ccccc1NC(=O)CCN1CCN(CCC(=O)Nc2ccccc2OC)C(C)C1. The Morgan fingerprint density at radius 2 is 1.36 bits per heavy atom. The molecule has 33 heavy (non-hydrogen) atoms. The fourth-order valence-electron chi connectivity index (χ4n) is 4.03. The second-order valence-corrected chi connectivity index (χ2v) is 8.18. The van der Waals surface area contributed by atoms with E-state index in [0.29, 0.717) is 54.8 Å². The number of benzene rings is 2. The molecular formula is C25H34N4O4. The van der Waals surface area contributed by atoms with Gasteiger partial charge in [-0.25, -0.2) is 0 Å². The van der Waals surface area contributed by atoms with Crippen molar-refractivity contribution in [3.8, 4) is 11.5 Å². The molecule has 1 saturated heterocycles. The summed E-state index contributed by atoms with van der Waals surface area (Å²) in [5.74, 6) is 1.26. The maximum Gasteiger partial charge on any atom is 0.225 e. The first-order valence-corrected chi connectivity index (χ1v) is 11.3. The molecule has 178 valence electrons. The molecule has 8 nitrogen and oxygen atoms in total. The molecule has 2 aromatic rings. The van der Waals surface area contributed by atoms with E-state index < -0.39 is 0 Å². The molecule has 1 heterocycles. The van der Waals surface area contributed by atoms with Crippen LogP contribution in [0, 0.1) is 0 Å². The highest BCUT2D eigenvalue weighted by atomic mass is 16.5. The summed E-state index contributed by atoms with van der Waals surface area (Å²) in [6.45, 7) is 6.19. The number of amides is 2. The number of piperazine rings is 1. The van der Waals surface area contributed by atoms with Crippen molar-refractivity contribution >= 4 is 23.2 Å². The van der Waals surface area contributed by atoms with E-state index >= 15 is 0 Å². The number of hydrogen-bond donors (Lipinski definition) is 2. The quantitative estimate of drug-likeness (QED) is 0.574. The summed E-state index contributed by atoms with van der Waals surface area (Å²) in [6, 6.07) is 15.1. The fraction of sp³-hybridized carbons (Fsp3) is 0.440. The van der Waals surface area contributed by atoms with Crippen molar-refractivity contribution in [1.29, 1.82) is 0 Å². The van der Waals surface area contributed by atoms with Gasteiger partial charge in [0.2, 0.25) is 11.8 Å². The Morgan fingerprint density at radius 1 is 0.848 bits per heavy atom. The van der Waals surface area contributed by atoms with Crippen molar-refractivity contribution in [2.75, 3.05) is 57.6 Å². The smallest absolute Gasteiger partial charge is 0.225 e. The highest BCUT2D eigenvalue weighted by Gasteiger charge is 2.24. The lowest BCUT2D eigenvalue weighted by molar-refractivity contribution is -0.118. The van der Waals surface area contributed by atoms with E-state index in [0.717, 1.165) is 19.6 Å². The van der Waals surface area contributed by atoms with Crippen molar-refractivity contribution in [1.82, 2.24) is 9.80 Å². The van der Waals surface area contributed by atoms with Gasteiger partial charge >= 0.3 is 0 Å². The van der Waals surface area contributed by atoms with Crippen molar-refractivity contribution in [3.05, 3.63) is 48.5 Å². The molecule has 2 aromatic carbocycles. The van der Waals surface area contributed by atoms with E-state index in [1.54, 1.807) is 14.2 Å². The topological polar surface area (TPSA) is 83.1 Å². The Morgan fingerprint density at radius 3 is 1.88 bits per heavy atom. The molecule has 1 fully saturated rings. The Bertz CT molecular complexity index is 936. The first-order chi connectivity index (χ1) is 16.0. The van der Waals surface area contributed by atoms with Crippen LogP contribution < -0.4 is 20.1 Å². The molecule has 0 aromatic heterocycles. The molecule has 2 amide bonds. The molecule has 2 N–H and O–H groups in total. The van der Waals surface area contributed by atoms with Crippen molar-refractivity contribution in [2.45, 2.75) is 25.8 Å². The number of hydrogen-bond acceptors (Lipinski definition) is 6. The normalized spacial score (nSPS) is 16.8. The van der Waals surface area contributed by atoms with Crippen LogP contribution in [0.1, 0.15) is 19.8 Å². The summed E-state index contributed by atoms with van der Waals surface area (Å²) in [7, 11) is 3.18. The molecule has 1 atom stereocenters. The summed E-state index contributed by atoms with van der Waals surface area (Å²) >= 11 is 0. The number of para-hydroxylation sites is 4. The number of carbonyl (C=O) groups excluding carboxylic acids is 2. The van der Waals surface area contributed by atoms with Crippen LogP contribution in [0.3, 0.4) is 0 Å². The minimum absolute atomic E-state index is 0.0254. The van der Waals surface area contributed by atoms with Crippen LogP contribution in [0.2, 0.25) is 0 Å². The van der Waals surface area contributed by atoms with E-state index in [-0.39, 0.29) is 11.8 Å². The molecule has 1 aliphatic rings. The number of anilines is 2. The maximum atomic E-state index is 12.4. The Balaban J connectivity index is 1.38. The predicted octanol–water partition coefficient (Wildman–Crippen LogP) is 3.07. The molecule has 0 spiro atoms. The van der Waals surface area contributed by atoms with Gasteiger partial charge in [-0.3, -0.25) is 14.5 Å². The van der Waals surface area contributed by atoms with Crippen molar-refractivity contribution < 1.29 is 19.1 Å². The Hall–Kier alpha value is -3.10. The summed E-state index contributed by atoms with van der Waals surface area (Å²) in [5, 5.41) is 5.86. The maximum absolute atomic E-state index is 12.4. The van der Waals surface area contributed by atoms with Gasteiger partial charge in [-0.1, -0.05) is 24.3 Å². The molecule has 8 heteroatoms. The zero-order valence-electron chi connectivity index (χ0n) is 19.7. The fourth-order valence-corrected chi connectivity index (χ4v) is 4.03. The van der Waals surface area contributed by atoms with E-state index in [4.69, 9.17) is 9.47 Å². The molecule has 1 aliphatic heterocycles. The van der Waals surface area contributed by atoms with Crippen LogP contribution in [0.25, 0.3) is 0 Å². The first kappa shape index (κ1) is 24.5. The highest BCUT2D eigenvalue weighted by molar-refractivity contribution is 5.93. The molecule has 0 aliphatic carbocycles. The molecule has 3 rings (SSSR count). The van der Waals surface area contributed by atoms with E-state index in [9.17, 15) is 9.59 Å². The van der Waals surface area contributed by atoms with Crippen molar-refractivity contribution in [2.24, 2.45) is 0 Å². The first-order valence-electron chi connectivity index (χ1n) is 11.3. The Labute approximate surface area is 195 Å². The van der Waals surface area contributed by atoms with Gasteiger partial charge in [0.15, 0.2) is 0 Å². The summed E-state index contributed by atoms with van der Waals surface area (Å²) < 4.78 is 10.6. The minimum atomic E-state index is -0.0258. The van der Waals surface area contributed by atoms with Crippen LogP contribution in [0.15, 0.2) is 48.5 Å². The van der Waals surface area contributed by atoms with Gasteiger partial charge in [-0.05, 0) is 31.2 Å². The number of methoxy groups -OCH3 is 2. The summed E-state index contributed by atoms with van der Waals surface area (Å²) in [5.41, 5.74) is 1.38. The van der Waals surface area contributed by atoms with Crippen LogP contribution in [-0.2, 0) is 9.59 Å². The average molecular weight is 455 g/mol. The van der Waals surface area contributed by atoms with E-state index in [1.807, 2.05) is 48.5 Å². The van der Waals surface area contributed by atoms with Gasteiger partial charge in [0.1, 0.15) is 11.5 Å². The lowest BCUT2D eigenvalue weighted by Gasteiger charge is -2.39. The minimum Gasteiger partial charge on any atom is -0.495 e. The predicted molar refractivity (Wildman–Crippen MR) is 130 cm³/mol. The molecule has 0 bridgehead atoms. The van der Waals surface area contributed by atoms with Crippen LogP contribution in [0.5, 0.6) is 11.5 Å². The third-order valence-electron chi connectivity index (χ3n) is 5.89. The standard InChI is InChI=1S/C25H34N4O4/c1-19-18-28(14-12-24(30)26-20-8-4-6-10-22(20)32-2)16-17-29(19)15-13-25(31)27-21-9-5-7-11-23(21)33-3/h4-11,19H,12-18H2,1-3H3,(H,26,30)(H,27,31). The second-order valence-electron chi connectivity index (χ2n) is 8.18. The number of rotatable bonds is 10. The second kappa shape index (κ2) is 12.2. The zero-order valence-corrected chi connectivity index (χ0v) is 19.7. The van der Waals surface area contributed by atoms with Gasteiger partial charge in [0.05, 0.1) is 25.6 Å². The summed E-state index contributed by atoms with van der Waals surface area (Å²) in [6.07, 6.45) is 0.843. The van der Waals surface area contributed by atoms with Crippen LogP contribution in [-0.4, -0.2) is 74.6 Å². The zero-order chi connectivity index (χ0) is 23.6. The number of nitrogens with one attached hydrogen (secondary N) is 2. The van der Waals surface area contributed by atoms with Gasteiger partial charge in [0.25, 0.3) is 0 Å². The summed E-state index contributed by atoms with van der Waals surface area (Å²) in [4.78, 5) is 29.4. The van der Waals surface area contributed by atoms with E-state index in [2.05, 4.69) is 27.4 Å². The van der Waals surface area contributed by atoms with E-state index in [1.165, 1.54) is 0 Å². The third-order valence-corrected chi connectivity index (χ3v) is 5.89. The number of carbonyl (C=O) groups is 2. The highest BCUT2D eigenvalue weighted by Crippen LogP contribution is 2.24. The monoisotopic (exact) mass is 454 g/mol. The molecule has 0 saturated carbocycles. The van der Waals surface area contributed by atoms with Crippen LogP contribution >= 0.6 is 0 Å². The lowest BCUT2D eigenvalue weighted by Crippen LogP contribution is -2.52. The van der Waals surface area contributed by atoms with Gasteiger partial charge in [0, 0.05) is 51.6 Å². The van der Waals surface area contributed by atoms with Crippen molar-refractivity contribution in [3.63, 3.8) is 0 Å². The van der Waals surface area contributed by atoms with Crippen LogP contribution in [0.4, 0.5) is 11.4 Å². The largest absolute Gasteiger partial charge is 0.495 e. The molecule has 1 unspecified atom stereocenters.